The molecule has 10 aromatic carbocycles. The van der Waals surface area contributed by atoms with Gasteiger partial charge in [0.1, 0.15) is 22.3 Å². The lowest BCUT2D eigenvalue weighted by molar-refractivity contribution is 0.665. The SMILES string of the molecule is c1ccc(-c2ccc(C(c3ccc(-c4ccccc4)cc3)c3ccc(-c4ccc5c(c4)oc4c(-c6ccccc6-c6ccccc6)c6c(cc45)oc4ccccc46)cc3)cc2)cc1. The fourth-order valence-corrected chi connectivity index (χ4v) is 9.56. The third-order valence-electron chi connectivity index (χ3n) is 12.7. The molecule has 0 saturated carbocycles. The monoisotopic (exact) mass is 804 g/mol. The maximum atomic E-state index is 7.04. The first-order valence-electron chi connectivity index (χ1n) is 21.6. The Hall–Kier alpha value is -8.20. The molecule has 12 rings (SSSR count). The number of fused-ring (bicyclic) bond motifs is 6. The van der Waals surface area contributed by atoms with Gasteiger partial charge in [0, 0.05) is 33.0 Å². The number of hydrogen-bond acceptors (Lipinski definition) is 2. The Morgan fingerprint density at radius 1 is 0.270 bits per heavy atom. The van der Waals surface area contributed by atoms with E-state index >= 15 is 0 Å². The third-order valence-corrected chi connectivity index (χ3v) is 12.7. The van der Waals surface area contributed by atoms with Crippen molar-refractivity contribution in [3.8, 4) is 55.6 Å². The molecule has 0 saturated heterocycles. The Labute approximate surface area is 366 Å². The Kier molecular flexibility index (Phi) is 8.93. The van der Waals surface area contributed by atoms with E-state index in [4.69, 9.17) is 8.83 Å². The van der Waals surface area contributed by atoms with Crippen LogP contribution < -0.4 is 0 Å². The largest absolute Gasteiger partial charge is 0.456 e. The average Bonchev–Trinajstić information content (AvgIpc) is 3.92. The molecule has 2 aromatic heterocycles. The van der Waals surface area contributed by atoms with Crippen molar-refractivity contribution in [2.75, 3.05) is 0 Å². The van der Waals surface area contributed by atoms with E-state index in [1.165, 1.54) is 38.9 Å². The van der Waals surface area contributed by atoms with Gasteiger partial charge in [-0.05, 0) is 91.0 Å². The molecular weight excluding hydrogens is 765 g/mol. The van der Waals surface area contributed by atoms with Crippen molar-refractivity contribution in [3.63, 3.8) is 0 Å². The summed E-state index contributed by atoms with van der Waals surface area (Å²) in [5, 5.41) is 4.24. The van der Waals surface area contributed by atoms with Crippen molar-refractivity contribution < 1.29 is 8.83 Å². The summed E-state index contributed by atoms with van der Waals surface area (Å²) in [5.41, 5.74) is 18.7. The van der Waals surface area contributed by atoms with Gasteiger partial charge in [-0.15, -0.1) is 0 Å². The van der Waals surface area contributed by atoms with Crippen LogP contribution in [0, 0.1) is 0 Å². The van der Waals surface area contributed by atoms with Crippen LogP contribution >= 0.6 is 0 Å². The second kappa shape index (κ2) is 15.4. The highest BCUT2D eigenvalue weighted by Crippen LogP contribution is 2.48. The summed E-state index contributed by atoms with van der Waals surface area (Å²) in [6.45, 7) is 0. The van der Waals surface area contributed by atoms with Crippen molar-refractivity contribution in [3.05, 3.63) is 253 Å². The molecule has 12 aromatic rings. The standard InChI is InChI=1S/C61H40O2/c1-4-14-40(15-5-1)42-24-30-46(31-25-42)58(47-32-26-43(27-33-47)41-16-6-2-7-17-41)48-34-28-44(29-35-48)49-36-37-51-54-39-57-59(53-22-12-13-23-55(53)62-57)60(61(54)63-56(51)38-49)52-21-11-10-20-50(52)45-18-8-3-9-19-45/h1-39,58H. The molecule has 0 radical (unpaired) electrons. The van der Waals surface area contributed by atoms with E-state index in [1.54, 1.807) is 0 Å². The van der Waals surface area contributed by atoms with Gasteiger partial charge in [-0.3, -0.25) is 0 Å². The van der Waals surface area contributed by atoms with Crippen molar-refractivity contribution in [2.45, 2.75) is 5.92 Å². The Morgan fingerprint density at radius 3 is 1.32 bits per heavy atom. The summed E-state index contributed by atoms with van der Waals surface area (Å²) in [5.74, 6) is 0.0537. The maximum Gasteiger partial charge on any atom is 0.144 e. The van der Waals surface area contributed by atoms with Crippen LogP contribution in [0.15, 0.2) is 245 Å². The molecule has 0 bridgehead atoms. The van der Waals surface area contributed by atoms with Crippen molar-refractivity contribution >= 4 is 43.9 Å². The number of benzene rings is 10. The lowest BCUT2D eigenvalue weighted by Crippen LogP contribution is -2.03. The van der Waals surface area contributed by atoms with Gasteiger partial charge in [-0.25, -0.2) is 0 Å². The molecule has 0 aliphatic heterocycles. The second-order valence-electron chi connectivity index (χ2n) is 16.4. The van der Waals surface area contributed by atoms with Crippen LogP contribution in [0.1, 0.15) is 22.6 Å². The molecule has 63 heavy (non-hydrogen) atoms. The van der Waals surface area contributed by atoms with Crippen LogP contribution in [0.25, 0.3) is 99.5 Å². The Bertz CT molecular complexity index is 3480. The summed E-state index contributed by atoms with van der Waals surface area (Å²) < 4.78 is 13.6. The summed E-state index contributed by atoms with van der Waals surface area (Å²) in [6, 6.07) is 84.7. The quantitative estimate of drug-likeness (QED) is 0.143. The van der Waals surface area contributed by atoms with Gasteiger partial charge in [-0.1, -0.05) is 212 Å². The van der Waals surface area contributed by atoms with Gasteiger partial charge in [0.25, 0.3) is 0 Å². The minimum absolute atomic E-state index is 0.0537. The van der Waals surface area contributed by atoms with Crippen LogP contribution in [0.4, 0.5) is 0 Å². The minimum Gasteiger partial charge on any atom is -0.456 e. The zero-order valence-corrected chi connectivity index (χ0v) is 34.4. The average molecular weight is 805 g/mol. The molecular formula is C61H40O2. The highest BCUT2D eigenvalue weighted by molar-refractivity contribution is 6.24. The highest BCUT2D eigenvalue weighted by Gasteiger charge is 2.24. The summed E-state index contributed by atoms with van der Waals surface area (Å²) in [4.78, 5) is 0. The number of furan rings is 2. The van der Waals surface area contributed by atoms with Crippen LogP contribution in [-0.4, -0.2) is 0 Å². The highest BCUT2D eigenvalue weighted by atomic mass is 16.3. The van der Waals surface area contributed by atoms with Crippen molar-refractivity contribution in [2.24, 2.45) is 0 Å². The van der Waals surface area contributed by atoms with Gasteiger partial charge in [0.05, 0.1) is 0 Å². The number of para-hydroxylation sites is 1. The minimum atomic E-state index is 0.0537. The number of rotatable bonds is 8. The molecule has 0 aliphatic rings. The molecule has 0 aliphatic carbocycles. The van der Waals surface area contributed by atoms with Crippen LogP contribution in [-0.2, 0) is 0 Å². The molecule has 0 N–H and O–H groups in total. The lowest BCUT2D eigenvalue weighted by Gasteiger charge is -2.20. The van der Waals surface area contributed by atoms with Crippen LogP contribution in [0.5, 0.6) is 0 Å². The predicted octanol–water partition coefficient (Wildman–Crippen LogP) is 17.0. The summed E-state index contributed by atoms with van der Waals surface area (Å²) in [7, 11) is 0. The molecule has 2 heteroatoms. The van der Waals surface area contributed by atoms with E-state index in [1.807, 2.05) is 12.1 Å². The molecule has 0 fully saturated rings. The van der Waals surface area contributed by atoms with E-state index in [9.17, 15) is 0 Å². The smallest absolute Gasteiger partial charge is 0.144 e. The van der Waals surface area contributed by atoms with Gasteiger partial charge >= 0.3 is 0 Å². The second-order valence-corrected chi connectivity index (χ2v) is 16.4. The summed E-state index contributed by atoms with van der Waals surface area (Å²) >= 11 is 0. The molecule has 2 nitrogen and oxygen atoms in total. The molecule has 296 valence electrons. The maximum absolute atomic E-state index is 7.04. The fraction of sp³-hybridized carbons (Fsp3) is 0.0164. The Balaban J connectivity index is 0.958. The van der Waals surface area contributed by atoms with Gasteiger partial charge in [0.2, 0.25) is 0 Å². The van der Waals surface area contributed by atoms with E-state index in [-0.39, 0.29) is 5.92 Å². The first kappa shape index (κ1) is 36.6. The van der Waals surface area contributed by atoms with E-state index in [0.717, 1.165) is 77.3 Å². The molecule has 2 heterocycles. The number of hydrogen-bond donors (Lipinski definition) is 0. The van der Waals surface area contributed by atoms with Crippen molar-refractivity contribution in [1.29, 1.82) is 0 Å². The first-order chi connectivity index (χ1) is 31.2. The Morgan fingerprint density at radius 2 is 0.730 bits per heavy atom. The van der Waals surface area contributed by atoms with E-state index < -0.39 is 0 Å². The van der Waals surface area contributed by atoms with Crippen molar-refractivity contribution in [1.82, 2.24) is 0 Å². The first-order valence-corrected chi connectivity index (χ1v) is 21.6. The lowest BCUT2D eigenvalue weighted by atomic mass is 9.83. The third kappa shape index (κ3) is 6.52. The zero-order chi connectivity index (χ0) is 41.7. The zero-order valence-electron chi connectivity index (χ0n) is 34.4. The topological polar surface area (TPSA) is 26.3 Å². The molecule has 0 unspecified atom stereocenters. The molecule has 0 amide bonds. The normalized spacial score (nSPS) is 11.6. The predicted molar refractivity (Wildman–Crippen MR) is 262 cm³/mol. The van der Waals surface area contributed by atoms with E-state index in [2.05, 4.69) is 224 Å². The fourth-order valence-electron chi connectivity index (χ4n) is 9.56. The summed E-state index contributed by atoms with van der Waals surface area (Å²) in [6.07, 6.45) is 0. The van der Waals surface area contributed by atoms with E-state index in [0.29, 0.717) is 0 Å². The van der Waals surface area contributed by atoms with Gasteiger partial charge in [0.15, 0.2) is 0 Å². The van der Waals surface area contributed by atoms with Gasteiger partial charge in [-0.2, -0.15) is 0 Å². The van der Waals surface area contributed by atoms with Crippen LogP contribution in [0.2, 0.25) is 0 Å². The van der Waals surface area contributed by atoms with Gasteiger partial charge < -0.3 is 8.83 Å². The van der Waals surface area contributed by atoms with Crippen LogP contribution in [0.3, 0.4) is 0 Å². The molecule has 0 atom stereocenters. The molecule has 0 spiro atoms.